The minimum Gasteiger partial charge on any atom is -0.455 e. The van der Waals surface area contributed by atoms with Crippen LogP contribution >= 0.6 is 0 Å². The van der Waals surface area contributed by atoms with Crippen LogP contribution in [0.2, 0.25) is 0 Å². The Kier molecular flexibility index (Phi) is 5.81. The largest absolute Gasteiger partial charge is 0.455 e. The monoisotopic (exact) mass is 614 g/mol. The van der Waals surface area contributed by atoms with Gasteiger partial charge in [0, 0.05) is 56.3 Å². The number of aromatic nitrogens is 4. The summed E-state index contributed by atoms with van der Waals surface area (Å²) >= 11 is 0. The van der Waals surface area contributed by atoms with Crippen molar-refractivity contribution in [3.63, 3.8) is 0 Å². The second kappa shape index (κ2) is 10.5. The molecule has 0 saturated carbocycles. The number of benzene rings is 6. The van der Waals surface area contributed by atoms with Crippen molar-refractivity contribution in [2.75, 3.05) is 0 Å². The van der Waals surface area contributed by atoms with E-state index in [0.717, 1.165) is 77.5 Å². The molecule has 0 atom stereocenters. The van der Waals surface area contributed by atoms with Crippen molar-refractivity contribution >= 4 is 54.5 Å². The van der Waals surface area contributed by atoms with Crippen molar-refractivity contribution in [3.05, 3.63) is 158 Å². The van der Waals surface area contributed by atoms with Crippen LogP contribution in [0.4, 0.5) is 0 Å². The molecule has 0 unspecified atom stereocenters. The van der Waals surface area contributed by atoms with E-state index in [9.17, 15) is 0 Å². The summed E-state index contributed by atoms with van der Waals surface area (Å²) < 4.78 is 8.98. The molecule has 0 bridgehead atoms. The van der Waals surface area contributed by atoms with Crippen LogP contribution in [0.1, 0.15) is 0 Å². The first kappa shape index (κ1) is 26.6. The van der Waals surface area contributed by atoms with Crippen molar-refractivity contribution in [3.8, 4) is 39.6 Å². The molecule has 0 fully saturated rings. The maximum Gasteiger partial charge on any atom is 0.160 e. The molecular weight excluding hydrogens is 589 g/mol. The third kappa shape index (κ3) is 4.01. The van der Waals surface area contributed by atoms with Crippen LogP contribution in [-0.4, -0.2) is 19.5 Å². The van der Waals surface area contributed by atoms with Crippen molar-refractivity contribution in [2.24, 2.45) is 0 Å². The fourth-order valence-electron chi connectivity index (χ4n) is 7.15. The van der Waals surface area contributed by atoms with Crippen molar-refractivity contribution < 1.29 is 4.42 Å². The van der Waals surface area contributed by atoms with E-state index in [4.69, 9.17) is 14.4 Å². The molecule has 48 heavy (non-hydrogen) atoms. The molecule has 0 aliphatic carbocycles. The van der Waals surface area contributed by atoms with Gasteiger partial charge in [0.25, 0.3) is 0 Å². The summed E-state index contributed by atoms with van der Waals surface area (Å²) in [5, 5.41) is 6.67. The average Bonchev–Trinajstić information content (AvgIpc) is 3.72. The first-order valence-corrected chi connectivity index (χ1v) is 16.0. The second-order valence-electron chi connectivity index (χ2n) is 12.0. The van der Waals surface area contributed by atoms with Gasteiger partial charge in [-0.1, -0.05) is 109 Å². The number of nitrogens with zero attached hydrogens (tertiary/aromatic N) is 4. The molecule has 0 aliphatic heterocycles. The van der Waals surface area contributed by atoms with E-state index in [0.29, 0.717) is 5.82 Å². The Bertz CT molecular complexity index is 2780. The third-order valence-corrected chi connectivity index (χ3v) is 9.27. The number of pyridine rings is 1. The highest BCUT2D eigenvalue weighted by atomic mass is 16.3. The van der Waals surface area contributed by atoms with Crippen molar-refractivity contribution in [1.29, 1.82) is 0 Å². The molecule has 4 aromatic heterocycles. The molecule has 4 heterocycles. The van der Waals surface area contributed by atoms with E-state index < -0.39 is 0 Å². The van der Waals surface area contributed by atoms with E-state index in [-0.39, 0.29) is 0 Å². The second-order valence-corrected chi connectivity index (χ2v) is 12.0. The zero-order valence-electron chi connectivity index (χ0n) is 25.7. The summed E-state index contributed by atoms with van der Waals surface area (Å²) in [5.41, 5.74) is 9.77. The van der Waals surface area contributed by atoms with Gasteiger partial charge in [-0.25, -0.2) is 9.97 Å². The Morgan fingerprint density at radius 2 is 1.19 bits per heavy atom. The summed E-state index contributed by atoms with van der Waals surface area (Å²) in [4.78, 5) is 14.6. The molecule has 0 radical (unpaired) electrons. The van der Waals surface area contributed by atoms with Gasteiger partial charge in [0.2, 0.25) is 0 Å². The zero-order chi connectivity index (χ0) is 31.6. The molecule has 6 aromatic carbocycles. The van der Waals surface area contributed by atoms with Gasteiger partial charge in [0.1, 0.15) is 11.2 Å². The maximum atomic E-state index is 6.59. The lowest BCUT2D eigenvalue weighted by Gasteiger charge is -2.13. The number of furan rings is 1. The molecular formula is C43H26N4O. The van der Waals surface area contributed by atoms with E-state index in [1.807, 2.05) is 60.9 Å². The van der Waals surface area contributed by atoms with Crippen molar-refractivity contribution in [2.45, 2.75) is 0 Å². The van der Waals surface area contributed by atoms with Gasteiger partial charge in [-0.3, -0.25) is 4.98 Å². The Morgan fingerprint density at radius 3 is 2.02 bits per heavy atom. The highest BCUT2D eigenvalue weighted by molar-refractivity contribution is 6.35. The molecule has 0 spiro atoms. The van der Waals surface area contributed by atoms with E-state index in [1.165, 1.54) is 10.8 Å². The van der Waals surface area contributed by atoms with Gasteiger partial charge in [0.05, 0.1) is 27.8 Å². The Balaban J connectivity index is 1.28. The lowest BCUT2D eigenvalue weighted by Crippen LogP contribution is -1.98. The molecule has 224 valence electrons. The van der Waals surface area contributed by atoms with Gasteiger partial charge >= 0.3 is 0 Å². The molecule has 0 saturated heterocycles. The van der Waals surface area contributed by atoms with Gasteiger partial charge in [-0.15, -0.1) is 0 Å². The summed E-state index contributed by atoms with van der Waals surface area (Å²) in [6.07, 6.45) is 3.79. The molecule has 10 rings (SSSR count). The van der Waals surface area contributed by atoms with Crippen LogP contribution in [0.25, 0.3) is 94.1 Å². The number of rotatable bonds is 4. The zero-order valence-corrected chi connectivity index (χ0v) is 25.7. The topological polar surface area (TPSA) is 56.7 Å². The van der Waals surface area contributed by atoms with Gasteiger partial charge in [-0.05, 0) is 41.8 Å². The molecule has 0 aliphatic rings. The van der Waals surface area contributed by atoms with Crippen LogP contribution in [0.3, 0.4) is 0 Å². The molecule has 10 aromatic rings. The molecule has 0 N–H and O–H groups in total. The van der Waals surface area contributed by atoms with Crippen LogP contribution in [0.5, 0.6) is 0 Å². The lowest BCUT2D eigenvalue weighted by molar-refractivity contribution is 0.672. The Labute approximate surface area is 275 Å². The Hall–Kier alpha value is -6.59. The predicted molar refractivity (Wildman–Crippen MR) is 195 cm³/mol. The van der Waals surface area contributed by atoms with E-state index in [2.05, 4.69) is 107 Å². The summed E-state index contributed by atoms with van der Waals surface area (Å²) in [5.74, 6) is 0.695. The number of fused-ring (bicyclic) bond motifs is 10. The minimum absolute atomic E-state index is 0.695. The van der Waals surface area contributed by atoms with Gasteiger partial charge in [0.15, 0.2) is 5.82 Å². The van der Waals surface area contributed by atoms with Crippen LogP contribution < -0.4 is 0 Å². The average molecular weight is 615 g/mol. The van der Waals surface area contributed by atoms with Crippen LogP contribution in [0, 0.1) is 0 Å². The lowest BCUT2D eigenvalue weighted by atomic mass is 10.0. The standard InChI is InChI=1S/C43H26N4O/c1-3-12-27(13-4-1)35-25-36(46-43(45-35)28-14-5-2-6-15-28)29-16-11-17-30(24-29)47-37-20-9-7-18-32(37)39-31-22-23-44-26-34(31)42-40(41(39)47)33-19-8-10-21-38(33)48-42/h1-26H. The minimum atomic E-state index is 0.695. The third-order valence-electron chi connectivity index (χ3n) is 9.27. The maximum absolute atomic E-state index is 6.59. The number of para-hydroxylation sites is 2. The predicted octanol–water partition coefficient (Wildman–Crippen LogP) is 11.0. The SMILES string of the molecule is c1ccc(-c2cc(-c3cccc(-n4c5ccccc5c5c6ccncc6c6oc7ccccc7c6c54)c3)nc(-c3ccccc3)n2)cc1. The van der Waals surface area contributed by atoms with Gasteiger partial charge < -0.3 is 8.98 Å². The highest BCUT2D eigenvalue weighted by Gasteiger charge is 2.23. The quantitative estimate of drug-likeness (QED) is 0.198. The number of hydrogen-bond acceptors (Lipinski definition) is 4. The fraction of sp³-hybridized carbons (Fsp3) is 0. The molecule has 5 heteroatoms. The summed E-state index contributed by atoms with van der Waals surface area (Å²) in [6.45, 7) is 0. The van der Waals surface area contributed by atoms with E-state index >= 15 is 0 Å². The highest BCUT2D eigenvalue weighted by Crippen LogP contribution is 2.45. The molecule has 5 nitrogen and oxygen atoms in total. The Morgan fingerprint density at radius 1 is 0.500 bits per heavy atom. The van der Waals surface area contributed by atoms with Crippen LogP contribution in [-0.2, 0) is 0 Å². The van der Waals surface area contributed by atoms with Gasteiger partial charge in [-0.2, -0.15) is 0 Å². The smallest absolute Gasteiger partial charge is 0.160 e. The van der Waals surface area contributed by atoms with Crippen LogP contribution in [0.15, 0.2) is 162 Å². The summed E-state index contributed by atoms with van der Waals surface area (Å²) in [6, 6.07) is 50.3. The summed E-state index contributed by atoms with van der Waals surface area (Å²) in [7, 11) is 0. The van der Waals surface area contributed by atoms with Crippen molar-refractivity contribution in [1.82, 2.24) is 19.5 Å². The molecule has 0 amide bonds. The first-order valence-electron chi connectivity index (χ1n) is 16.0. The first-order chi connectivity index (χ1) is 23.8. The number of hydrogen-bond donors (Lipinski definition) is 0. The van der Waals surface area contributed by atoms with E-state index in [1.54, 1.807) is 0 Å². The fourth-order valence-corrected chi connectivity index (χ4v) is 7.15. The normalized spacial score (nSPS) is 11.8.